The van der Waals surface area contributed by atoms with E-state index < -0.39 is 0 Å². The number of halogens is 1. The van der Waals surface area contributed by atoms with Crippen LogP contribution < -0.4 is 10.6 Å². The van der Waals surface area contributed by atoms with Crippen LogP contribution in [0, 0.1) is 5.92 Å². The van der Waals surface area contributed by atoms with E-state index in [-0.39, 0.29) is 24.0 Å². The zero-order valence-corrected chi connectivity index (χ0v) is 17.5. The number of aliphatic imine (C=N–C) groups is 1. The highest BCUT2D eigenvalue weighted by molar-refractivity contribution is 14.0. The Bertz CT molecular complexity index is 321. The number of likely N-dealkylation sites (tertiary alicyclic amines) is 1. The molecule has 2 rings (SSSR count). The van der Waals surface area contributed by atoms with Crippen molar-refractivity contribution in [1.82, 2.24) is 15.5 Å². The molecule has 0 amide bonds. The summed E-state index contributed by atoms with van der Waals surface area (Å²) in [5.74, 6) is 1.94. The molecular formula is C18H37IN4. The predicted octanol–water partition coefficient (Wildman–Crippen LogP) is 3.61. The van der Waals surface area contributed by atoms with Crippen molar-refractivity contribution in [1.29, 1.82) is 0 Å². The Hall–Kier alpha value is -0.0400. The lowest BCUT2D eigenvalue weighted by molar-refractivity contribution is 0.189. The van der Waals surface area contributed by atoms with E-state index in [0.29, 0.717) is 6.04 Å². The molecule has 0 bridgehead atoms. The molecule has 23 heavy (non-hydrogen) atoms. The predicted molar refractivity (Wildman–Crippen MR) is 111 cm³/mol. The maximum Gasteiger partial charge on any atom is 0.191 e. The standard InChI is InChI=1S/C18H36N4.HI/c1-16-10-14-22(15-11-16)13-7-6-12-20-18(19-2)21-17-8-4-3-5-9-17;/h16-17H,3-15H2,1-2H3,(H2,19,20,21);1H. The highest BCUT2D eigenvalue weighted by Crippen LogP contribution is 2.17. The fourth-order valence-electron chi connectivity index (χ4n) is 3.59. The zero-order chi connectivity index (χ0) is 15.6. The normalized spacial score (nSPS) is 21.7. The Balaban J connectivity index is 0.00000264. The van der Waals surface area contributed by atoms with Crippen molar-refractivity contribution in [2.75, 3.05) is 33.2 Å². The SMILES string of the molecule is CN=C(NCCCCN1CCC(C)CC1)NC1CCCCC1.I. The Morgan fingerprint density at radius 3 is 2.39 bits per heavy atom. The highest BCUT2D eigenvalue weighted by atomic mass is 127. The first kappa shape index (κ1) is 21.0. The smallest absolute Gasteiger partial charge is 0.191 e. The number of guanidine groups is 1. The van der Waals surface area contributed by atoms with E-state index in [1.54, 1.807) is 0 Å². The summed E-state index contributed by atoms with van der Waals surface area (Å²) in [5.41, 5.74) is 0. The van der Waals surface area contributed by atoms with Gasteiger partial charge in [0, 0.05) is 19.6 Å². The molecule has 0 aromatic heterocycles. The molecule has 0 unspecified atom stereocenters. The van der Waals surface area contributed by atoms with Crippen LogP contribution in [0.3, 0.4) is 0 Å². The molecular weight excluding hydrogens is 399 g/mol. The summed E-state index contributed by atoms with van der Waals surface area (Å²) in [6.07, 6.45) is 12.0. The summed E-state index contributed by atoms with van der Waals surface area (Å²) in [6, 6.07) is 0.635. The monoisotopic (exact) mass is 436 g/mol. The van der Waals surface area contributed by atoms with Crippen LogP contribution in [-0.4, -0.2) is 50.1 Å². The Morgan fingerprint density at radius 2 is 1.74 bits per heavy atom. The van der Waals surface area contributed by atoms with E-state index in [9.17, 15) is 0 Å². The number of rotatable bonds is 6. The molecule has 136 valence electrons. The van der Waals surface area contributed by atoms with Crippen LogP contribution in [0.5, 0.6) is 0 Å². The molecule has 0 spiro atoms. The summed E-state index contributed by atoms with van der Waals surface area (Å²) in [7, 11) is 1.88. The van der Waals surface area contributed by atoms with Gasteiger partial charge in [-0.1, -0.05) is 26.2 Å². The van der Waals surface area contributed by atoms with Gasteiger partial charge >= 0.3 is 0 Å². The van der Waals surface area contributed by atoms with Gasteiger partial charge in [0.05, 0.1) is 0 Å². The largest absolute Gasteiger partial charge is 0.356 e. The van der Waals surface area contributed by atoms with Crippen LogP contribution in [0.4, 0.5) is 0 Å². The summed E-state index contributed by atoms with van der Waals surface area (Å²) in [6.45, 7) is 7.30. The third-order valence-corrected chi connectivity index (χ3v) is 5.24. The number of piperidine rings is 1. The van der Waals surface area contributed by atoms with Crippen LogP contribution in [0.2, 0.25) is 0 Å². The second kappa shape index (κ2) is 12.3. The van der Waals surface area contributed by atoms with Gasteiger partial charge in [0.1, 0.15) is 0 Å². The summed E-state index contributed by atoms with van der Waals surface area (Å²) < 4.78 is 0. The number of hydrogen-bond acceptors (Lipinski definition) is 2. The third-order valence-electron chi connectivity index (χ3n) is 5.24. The quantitative estimate of drug-likeness (QED) is 0.289. The van der Waals surface area contributed by atoms with Crippen LogP contribution in [0.25, 0.3) is 0 Å². The molecule has 1 saturated carbocycles. The lowest BCUT2D eigenvalue weighted by Gasteiger charge is -2.30. The second-order valence-electron chi connectivity index (χ2n) is 7.21. The van der Waals surface area contributed by atoms with Gasteiger partial charge in [-0.15, -0.1) is 24.0 Å². The molecule has 2 aliphatic rings. The Labute approximate surface area is 160 Å². The van der Waals surface area contributed by atoms with E-state index in [2.05, 4.69) is 27.4 Å². The molecule has 1 saturated heterocycles. The van der Waals surface area contributed by atoms with Crippen molar-refractivity contribution < 1.29 is 0 Å². The van der Waals surface area contributed by atoms with Crippen LogP contribution in [-0.2, 0) is 0 Å². The van der Waals surface area contributed by atoms with Crippen molar-refractivity contribution in [3.05, 3.63) is 0 Å². The molecule has 1 aliphatic carbocycles. The molecule has 1 heterocycles. The highest BCUT2D eigenvalue weighted by Gasteiger charge is 2.15. The minimum absolute atomic E-state index is 0. The molecule has 2 fully saturated rings. The van der Waals surface area contributed by atoms with E-state index in [1.807, 2.05) is 7.05 Å². The lowest BCUT2D eigenvalue weighted by atomic mass is 9.96. The summed E-state index contributed by atoms with van der Waals surface area (Å²) in [4.78, 5) is 7.00. The molecule has 4 nitrogen and oxygen atoms in total. The fourth-order valence-corrected chi connectivity index (χ4v) is 3.59. The van der Waals surface area contributed by atoms with Crippen LogP contribution >= 0.6 is 24.0 Å². The first-order chi connectivity index (χ1) is 10.8. The maximum atomic E-state index is 4.36. The Morgan fingerprint density at radius 1 is 1.04 bits per heavy atom. The lowest BCUT2D eigenvalue weighted by Crippen LogP contribution is -2.44. The number of nitrogens with zero attached hydrogens (tertiary/aromatic N) is 2. The summed E-state index contributed by atoms with van der Waals surface area (Å²) in [5, 5.41) is 7.06. The van der Waals surface area contributed by atoms with E-state index in [1.165, 1.54) is 77.4 Å². The summed E-state index contributed by atoms with van der Waals surface area (Å²) >= 11 is 0. The van der Waals surface area contributed by atoms with Crippen molar-refractivity contribution in [3.8, 4) is 0 Å². The topological polar surface area (TPSA) is 39.7 Å². The van der Waals surface area contributed by atoms with E-state index in [4.69, 9.17) is 0 Å². The molecule has 1 aliphatic heterocycles. The fraction of sp³-hybridized carbons (Fsp3) is 0.944. The molecule has 2 N–H and O–H groups in total. The second-order valence-corrected chi connectivity index (χ2v) is 7.21. The van der Waals surface area contributed by atoms with Crippen molar-refractivity contribution in [2.24, 2.45) is 10.9 Å². The minimum atomic E-state index is 0. The van der Waals surface area contributed by atoms with E-state index >= 15 is 0 Å². The van der Waals surface area contributed by atoms with Gasteiger partial charge < -0.3 is 15.5 Å². The van der Waals surface area contributed by atoms with Gasteiger partial charge in [0.25, 0.3) is 0 Å². The number of unbranched alkanes of at least 4 members (excludes halogenated alkanes) is 1. The third kappa shape index (κ3) is 8.57. The average molecular weight is 436 g/mol. The molecule has 0 atom stereocenters. The Kier molecular flexibility index (Phi) is 11.3. The maximum absolute atomic E-state index is 4.36. The van der Waals surface area contributed by atoms with Gasteiger partial charge in [0.2, 0.25) is 0 Å². The van der Waals surface area contributed by atoms with Crippen molar-refractivity contribution in [3.63, 3.8) is 0 Å². The van der Waals surface area contributed by atoms with Gasteiger partial charge in [0.15, 0.2) is 5.96 Å². The molecule has 0 aromatic rings. The number of nitrogens with one attached hydrogen (secondary N) is 2. The first-order valence-corrected chi connectivity index (χ1v) is 9.47. The molecule has 5 heteroatoms. The van der Waals surface area contributed by atoms with Crippen molar-refractivity contribution >= 4 is 29.9 Å². The number of hydrogen-bond donors (Lipinski definition) is 2. The van der Waals surface area contributed by atoms with Gasteiger partial charge in [-0.05, 0) is 64.1 Å². The molecule has 0 radical (unpaired) electrons. The zero-order valence-electron chi connectivity index (χ0n) is 15.1. The van der Waals surface area contributed by atoms with Gasteiger partial charge in [-0.3, -0.25) is 4.99 Å². The van der Waals surface area contributed by atoms with Gasteiger partial charge in [-0.2, -0.15) is 0 Å². The van der Waals surface area contributed by atoms with Crippen LogP contribution in [0.15, 0.2) is 4.99 Å². The van der Waals surface area contributed by atoms with Gasteiger partial charge in [-0.25, -0.2) is 0 Å². The first-order valence-electron chi connectivity index (χ1n) is 9.47. The van der Waals surface area contributed by atoms with Crippen LogP contribution in [0.1, 0.15) is 64.7 Å². The molecule has 0 aromatic carbocycles. The van der Waals surface area contributed by atoms with E-state index in [0.717, 1.165) is 18.4 Å². The average Bonchev–Trinajstić information content (AvgIpc) is 2.56. The minimum Gasteiger partial charge on any atom is -0.356 e. The van der Waals surface area contributed by atoms with Crippen molar-refractivity contribution in [2.45, 2.75) is 70.8 Å².